The summed E-state index contributed by atoms with van der Waals surface area (Å²) in [5.41, 5.74) is 12.9. The average Bonchev–Trinajstić information content (AvgIpc) is 3.00. The molecule has 0 spiro atoms. The van der Waals surface area contributed by atoms with Gasteiger partial charge in [0.25, 0.3) is 0 Å². The van der Waals surface area contributed by atoms with E-state index >= 15 is 0 Å². The van der Waals surface area contributed by atoms with Crippen LogP contribution in [0.4, 0.5) is 5.13 Å². The maximum atomic E-state index is 12.4. The van der Waals surface area contributed by atoms with Gasteiger partial charge in [0, 0.05) is 17.3 Å². The highest BCUT2D eigenvalue weighted by Crippen LogP contribution is 2.33. The van der Waals surface area contributed by atoms with Crippen molar-refractivity contribution in [1.82, 2.24) is 10.3 Å². The number of amides is 1. The molecule has 0 bridgehead atoms. The molecule has 0 saturated carbocycles. The zero-order valence-electron chi connectivity index (χ0n) is 13.8. The van der Waals surface area contributed by atoms with Crippen molar-refractivity contribution < 1.29 is 4.79 Å². The van der Waals surface area contributed by atoms with Crippen LogP contribution in [0.25, 0.3) is 6.08 Å². The Balaban J connectivity index is 1.53. The smallest absolute Gasteiger partial charge is 0.223 e. The summed E-state index contributed by atoms with van der Waals surface area (Å²) in [6.45, 7) is 0.527. The summed E-state index contributed by atoms with van der Waals surface area (Å²) in [5.74, 6) is 0.0656. The van der Waals surface area contributed by atoms with E-state index in [2.05, 4.69) is 15.3 Å². The van der Waals surface area contributed by atoms with Crippen LogP contribution in [0.1, 0.15) is 22.6 Å². The molecule has 1 aliphatic carbocycles. The third-order valence-corrected chi connectivity index (χ3v) is 5.04. The van der Waals surface area contributed by atoms with Crippen LogP contribution in [-0.4, -0.2) is 23.4 Å². The van der Waals surface area contributed by atoms with Crippen molar-refractivity contribution in [2.45, 2.75) is 19.3 Å². The molecule has 5 N–H and O–H groups in total. The number of fused-ring (bicyclic) bond motifs is 1. The Bertz CT molecular complexity index is 793. The number of carbonyl (C=O) groups is 1. The molecule has 0 aliphatic heterocycles. The molecule has 1 aromatic heterocycles. The number of thiazole rings is 1. The molecule has 25 heavy (non-hydrogen) atoms. The van der Waals surface area contributed by atoms with E-state index in [1.807, 2.05) is 42.5 Å². The fourth-order valence-electron chi connectivity index (χ4n) is 2.81. The van der Waals surface area contributed by atoms with E-state index in [9.17, 15) is 4.79 Å². The lowest BCUT2D eigenvalue weighted by Crippen LogP contribution is -2.33. The first kappa shape index (κ1) is 17.2. The number of benzene rings is 1. The topological polar surface area (TPSA) is 106 Å². The summed E-state index contributed by atoms with van der Waals surface area (Å²) < 4.78 is 0. The lowest BCUT2D eigenvalue weighted by atomic mass is 9.90. The molecule has 1 aliphatic rings. The minimum absolute atomic E-state index is 0.00518. The Morgan fingerprint density at radius 3 is 2.92 bits per heavy atom. The highest BCUT2D eigenvalue weighted by atomic mass is 32.1. The van der Waals surface area contributed by atoms with E-state index < -0.39 is 0 Å². The van der Waals surface area contributed by atoms with Gasteiger partial charge in [-0.05, 0) is 24.8 Å². The van der Waals surface area contributed by atoms with Crippen molar-refractivity contribution in [1.29, 1.82) is 0 Å². The zero-order chi connectivity index (χ0) is 17.6. The summed E-state index contributed by atoms with van der Waals surface area (Å²) in [4.78, 5) is 21.9. The maximum absolute atomic E-state index is 12.4. The molecule has 7 heteroatoms. The van der Waals surface area contributed by atoms with Crippen LogP contribution in [-0.2, 0) is 17.6 Å². The van der Waals surface area contributed by atoms with Crippen molar-refractivity contribution >= 4 is 34.4 Å². The number of hydrogen-bond donors (Lipinski definition) is 3. The number of aromatic nitrogens is 1. The van der Waals surface area contributed by atoms with E-state index in [0.717, 1.165) is 29.0 Å². The van der Waals surface area contributed by atoms with E-state index in [0.29, 0.717) is 18.1 Å². The van der Waals surface area contributed by atoms with Gasteiger partial charge >= 0.3 is 0 Å². The molecule has 0 radical (unpaired) electrons. The SMILES string of the molecule is NC(N)=Nc1nc2c(s1)CC(C(=O)NCC=Cc1ccccc1)CC2. The van der Waals surface area contributed by atoms with Crippen LogP contribution >= 0.6 is 11.3 Å². The number of hydrogen-bond acceptors (Lipinski definition) is 4. The zero-order valence-corrected chi connectivity index (χ0v) is 14.6. The Morgan fingerprint density at radius 1 is 1.36 bits per heavy atom. The number of carbonyl (C=O) groups excluding carboxylic acids is 1. The van der Waals surface area contributed by atoms with Crippen LogP contribution in [0.5, 0.6) is 0 Å². The number of nitrogens with zero attached hydrogens (tertiary/aromatic N) is 2. The molecule has 1 heterocycles. The van der Waals surface area contributed by atoms with Crippen LogP contribution < -0.4 is 16.8 Å². The third kappa shape index (κ3) is 4.67. The van der Waals surface area contributed by atoms with Crippen molar-refractivity contribution in [3.8, 4) is 0 Å². The first-order valence-electron chi connectivity index (χ1n) is 8.19. The molecule has 6 nitrogen and oxygen atoms in total. The van der Waals surface area contributed by atoms with Gasteiger partial charge in [-0.2, -0.15) is 4.99 Å². The quantitative estimate of drug-likeness (QED) is 0.563. The summed E-state index contributed by atoms with van der Waals surface area (Å²) >= 11 is 1.46. The summed E-state index contributed by atoms with van der Waals surface area (Å²) in [6.07, 6.45) is 6.24. The molecule has 0 saturated heterocycles. The minimum atomic E-state index is -0.0230. The normalized spacial score (nSPS) is 16.4. The first-order chi connectivity index (χ1) is 12.1. The highest BCUT2D eigenvalue weighted by Gasteiger charge is 2.27. The molecule has 3 rings (SSSR count). The second kappa shape index (κ2) is 7.94. The Labute approximate surface area is 150 Å². The molecular formula is C18H21N5OS. The third-order valence-electron chi connectivity index (χ3n) is 4.03. The molecule has 1 aromatic carbocycles. The molecule has 0 fully saturated rings. The Kier molecular flexibility index (Phi) is 5.45. The number of aliphatic imine (C=N–C) groups is 1. The van der Waals surface area contributed by atoms with Gasteiger partial charge in [-0.1, -0.05) is 53.8 Å². The number of aryl methyl sites for hydroxylation is 1. The fourth-order valence-corrected chi connectivity index (χ4v) is 3.88. The van der Waals surface area contributed by atoms with Gasteiger partial charge in [0.15, 0.2) is 5.96 Å². The molecule has 130 valence electrons. The van der Waals surface area contributed by atoms with Gasteiger partial charge in [-0.25, -0.2) is 4.98 Å². The van der Waals surface area contributed by atoms with Crippen LogP contribution in [0.15, 0.2) is 41.4 Å². The van der Waals surface area contributed by atoms with Crippen LogP contribution in [0, 0.1) is 5.92 Å². The number of nitrogens with two attached hydrogens (primary N) is 2. The number of guanidine groups is 1. The van der Waals surface area contributed by atoms with Gasteiger partial charge in [0.2, 0.25) is 11.0 Å². The molecular weight excluding hydrogens is 334 g/mol. The standard InChI is InChI=1S/C18H21N5OS/c19-17(20)23-18-22-14-9-8-13(11-15(14)25-18)16(24)21-10-4-7-12-5-2-1-3-6-12/h1-7,13H,8-11H2,(H,21,24)(H4,19,20,22,23). The van der Waals surface area contributed by atoms with Crippen molar-refractivity contribution in [2.75, 3.05) is 6.54 Å². The van der Waals surface area contributed by atoms with Crippen molar-refractivity contribution in [2.24, 2.45) is 22.4 Å². The monoisotopic (exact) mass is 355 g/mol. The van der Waals surface area contributed by atoms with E-state index in [1.54, 1.807) is 0 Å². The van der Waals surface area contributed by atoms with Crippen LogP contribution in [0.3, 0.4) is 0 Å². The second-order valence-electron chi connectivity index (χ2n) is 5.90. The first-order valence-corrected chi connectivity index (χ1v) is 9.01. The lowest BCUT2D eigenvalue weighted by Gasteiger charge is -2.19. The lowest BCUT2D eigenvalue weighted by molar-refractivity contribution is -0.125. The maximum Gasteiger partial charge on any atom is 0.223 e. The molecule has 1 amide bonds. The summed E-state index contributed by atoms with van der Waals surface area (Å²) in [6, 6.07) is 10.0. The van der Waals surface area contributed by atoms with Crippen LogP contribution in [0.2, 0.25) is 0 Å². The average molecular weight is 355 g/mol. The largest absolute Gasteiger partial charge is 0.370 e. The molecule has 2 aromatic rings. The van der Waals surface area contributed by atoms with Gasteiger partial charge in [0.1, 0.15) is 0 Å². The fraction of sp³-hybridized carbons (Fsp3) is 0.278. The van der Waals surface area contributed by atoms with Crippen molar-refractivity contribution in [3.05, 3.63) is 52.5 Å². The summed E-state index contributed by atoms with van der Waals surface area (Å²) in [5, 5.41) is 3.55. The van der Waals surface area contributed by atoms with E-state index in [1.165, 1.54) is 11.3 Å². The van der Waals surface area contributed by atoms with E-state index in [4.69, 9.17) is 11.5 Å². The predicted octanol–water partition coefficient (Wildman–Crippen LogP) is 1.98. The van der Waals surface area contributed by atoms with Gasteiger partial charge in [-0.3, -0.25) is 4.79 Å². The number of rotatable bonds is 5. The van der Waals surface area contributed by atoms with Gasteiger partial charge < -0.3 is 16.8 Å². The highest BCUT2D eigenvalue weighted by molar-refractivity contribution is 7.15. The molecule has 1 unspecified atom stereocenters. The van der Waals surface area contributed by atoms with Gasteiger partial charge in [-0.15, -0.1) is 0 Å². The van der Waals surface area contributed by atoms with Crippen molar-refractivity contribution in [3.63, 3.8) is 0 Å². The Morgan fingerprint density at radius 2 is 2.16 bits per heavy atom. The predicted molar refractivity (Wildman–Crippen MR) is 102 cm³/mol. The minimum Gasteiger partial charge on any atom is -0.370 e. The molecule has 1 atom stereocenters. The summed E-state index contributed by atoms with van der Waals surface area (Å²) in [7, 11) is 0. The Hall–Kier alpha value is -2.67. The van der Waals surface area contributed by atoms with Gasteiger partial charge in [0.05, 0.1) is 5.69 Å². The number of nitrogens with one attached hydrogen (secondary N) is 1. The van der Waals surface area contributed by atoms with E-state index in [-0.39, 0.29) is 17.8 Å². The second-order valence-corrected chi connectivity index (χ2v) is 6.96.